The van der Waals surface area contributed by atoms with E-state index in [9.17, 15) is 9.90 Å². The number of hydrogen-bond acceptors (Lipinski definition) is 3. The van der Waals surface area contributed by atoms with Crippen molar-refractivity contribution in [3.8, 4) is 0 Å². The number of aromatic nitrogens is 1. The van der Waals surface area contributed by atoms with E-state index in [-0.39, 0.29) is 11.9 Å². The molecule has 5 nitrogen and oxygen atoms in total. The molecule has 2 atom stereocenters. The average Bonchev–Trinajstić information content (AvgIpc) is 3.13. The molecule has 130 valence electrons. The van der Waals surface area contributed by atoms with Crippen LogP contribution in [0.5, 0.6) is 0 Å². The third-order valence-corrected chi connectivity index (χ3v) is 4.87. The van der Waals surface area contributed by atoms with E-state index in [0.29, 0.717) is 17.9 Å². The van der Waals surface area contributed by atoms with Gasteiger partial charge in [0, 0.05) is 24.7 Å². The number of nitrogens with one attached hydrogen (secondary N) is 1. The molecular formula is C19H26N2O3. The molecule has 1 amide bonds. The van der Waals surface area contributed by atoms with Gasteiger partial charge in [-0.15, -0.1) is 0 Å². The summed E-state index contributed by atoms with van der Waals surface area (Å²) in [6, 6.07) is 5.59. The molecule has 2 N–H and O–H groups in total. The first-order valence-corrected chi connectivity index (χ1v) is 8.75. The van der Waals surface area contributed by atoms with E-state index in [2.05, 4.69) is 4.98 Å². The van der Waals surface area contributed by atoms with Gasteiger partial charge in [0.25, 0.3) is 5.91 Å². The minimum atomic E-state index is -0.676. The van der Waals surface area contributed by atoms with Crippen molar-refractivity contribution in [2.75, 3.05) is 6.54 Å². The minimum absolute atomic E-state index is 0.0307. The molecule has 2 aromatic heterocycles. The first-order chi connectivity index (χ1) is 11.6. The lowest BCUT2D eigenvalue weighted by molar-refractivity contribution is 0.0552. The van der Waals surface area contributed by atoms with Gasteiger partial charge in [0.15, 0.2) is 0 Å². The molecular weight excluding hydrogens is 304 g/mol. The summed E-state index contributed by atoms with van der Waals surface area (Å²) in [6.07, 6.45) is 5.55. The molecule has 0 spiro atoms. The van der Waals surface area contributed by atoms with Gasteiger partial charge in [-0.3, -0.25) is 4.79 Å². The summed E-state index contributed by atoms with van der Waals surface area (Å²) >= 11 is 0. The third kappa shape index (κ3) is 3.56. The Hall–Kier alpha value is -2.01. The fourth-order valence-electron chi connectivity index (χ4n) is 3.64. The fraction of sp³-hybridized carbons (Fsp3) is 0.526. The maximum atomic E-state index is 13.1. The predicted octanol–water partition coefficient (Wildman–Crippen LogP) is 3.73. The van der Waals surface area contributed by atoms with E-state index < -0.39 is 6.10 Å². The first kappa shape index (κ1) is 16.8. The van der Waals surface area contributed by atoms with Crippen LogP contribution >= 0.6 is 0 Å². The predicted molar refractivity (Wildman–Crippen MR) is 91.8 cm³/mol. The van der Waals surface area contributed by atoms with Gasteiger partial charge in [-0.1, -0.05) is 12.8 Å². The summed E-state index contributed by atoms with van der Waals surface area (Å²) in [7, 11) is 0. The Balaban J connectivity index is 1.79. The number of amides is 1. The summed E-state index contributed by atoms with van der Waals surface area (Å²) in [5, 5.41) is 10.4. The van der Waals surface area contributed by atoms with Gasteiger partial charge in [0.1, 0.15) is 17.6 Å². The number of nitrogens with zero attached hydrogens (tertiary/aromatic N) is 1. The zero-order valence-electron chi connectivity index (χ0n) is 14.4. The highest BCUT2D eigenvalue weighted by atomic mass is 16.4. The summed E-state index contributed by atoms with van der Waals surface area (Å²) in [5.74, 6) is 0.609. The molecule has 5 heteroatoms. The zero-order valence-corrected chi connectivity index (χ0v) is 14.4. The van der Waals surface area contributed by atoms with Gasteiger partial charge in [0.2, 0.25) is 0 Å². The van der Waals surface area contributed by atoms with E-state index in [0.717, 1.165) is 43.5 Å². The van der Waals surface area contributed by atoms with Crippen LogP contribution < -0.4 is 0 Å². The molecule has 2 aromatic rings. The van der Waals surface area contributed by atoms with Gasteiger partial charge in [-0.25, -0.2) is 0 Å². The third-order valence-electron chi connectivity index (χ3n) is 4.87. The number of rotatable bonds is 4. The van der Waals surface area contributed by atoms with Crippen molar-refractivity contribution in [1.29, 1.82) is 0 Å². The maximum absolute atomic E-state index is 13.1. The van der Waals surface area contributed by atoms with Crippen LogP contribution in [0.15, 0.2) is 28.9 Å². The highest BCUT2D eigenvalue weighted by Gasteiger charge is 2.30. The fourth-order valence-corrected chi connectivity index (χ4v) is 3.64. The van der Waals surface area contributed by atoms with Crippen LogP contribution in [0.25, 0.3) is 0 Å². The molecule has 0 saturated carbocycles. The van der Waals surface area contributed by atoms with Crippen molar-refractivity contribution in [2.45, 2.75) is 58.1 Å². The van der Waals surface area contributed by atoms with Crippen LogP contribution in [-0.4, -0.2) is 33.5 Å². The smallest absolute Gasteiger partial charge is 0.270 e. The quantitative estimate of drug-likeness (QED) is 0.897. The van der Waals surface area contributed by atoms with Crippen LogP contribution in [0.2, 0.25) is 0 Å². The van der Waals surface area contributed by atoms with Gasteiger partial charge in [-0.05, 0) is 50.5 Å². The standard InChI is InChI=1S/C19H26N2O3/c1-13-11-14(2)20-18(13)19(23)21-9-5-3-4-7-15(21)12-16(22)17-8-6-10-24-17/h6,8,10-11,15-16,20,22H,3-5,7,9,12H2,1-2H3/t15-,16-/m0/s1. The van der Waals surface area contributed by atoms with Crippen LogP contribution in [-0.2, 0) is 0 Å². The Labute approximate surface area is 142 Å². The Bertz CT molecular complexity index is 675. The number of aromatic amines is 1. The number of aliphatic hydroxyl groups is 1. The second-order valence-electron chi connectivity index (χ2n) is 6.78. The lowest BCUT2D eigenvalue weighted by atomic mass is 10.0. The van der Waals surface area contributed by atoms with Crippen LogP contribution in [0.1, 0.15) is 65.7 Å². The van der Waals surface area contributed by atoms with Gasteiger partial charge >= 0.3 is 0 Å². The first-order valence-electron chi connectivity index (χ1n) is 8.75. The van der Waals surface area contributed by atoms with E-state index >= 15 is 0 Å². The molecule has 0 radical (unpaired) electrons. The second-order valence-corrected chi connectivity index (χ2v) is 6.78. The van der Waals surface area contributed by atoms with Crippen molar-refractivity contribution >= 4 is 5.91 Å². The number of carbonyl (C=O) groups excluding carboxylic acids is 1. The van der Waals surface area contributed by atoms with E-state index in [1.54, 1.807) is 18.4 Å². The van der Waals surface area contributed by atoms with Gasteiger partial charge in [0.05, 0.1) is 6.26 Å². The topological polar surface area (TPSA) is 69.5 Å². The van der Waals surface area contributed by atoms with E-state index in [1.807, 2.05) is 24.8 Å². The summed E-state index contributed by atoms with van der Waals surface area (Å²) < 4.78 is 5.31. The van der Waals surface area contributed by atoms with Gasteiger partial charge < -0.3 is 19.4 Å². The maximum Gasteiger partial charge on any atom is 0.270 e. The number of likely N-dealkylation sites (tertiary alicyclic amines) is 1. The lowest BCUT2D eigenvalue weighted by Gasteiger charge is -2.31. The number of hydrogen-bond donors (Lipinski definition) is 2. The number of furan rings is 1. The summed E-state index contributed by atoms with van der Waals surface area (Å²) in [6.45, 7) is 4.66. The van der Waals surface area contributed by atoms with Crippen molar-refractivity contribution in [1.82, 2.24) is 9.88 Å². The number of carbonyl (C=O) groups is 1. The van der Waals surface area contributed by atoms with Crippen LogP contribution in [0, 0.1) is 13.8 Å². The molecule has 1 saturated heterocycles. The van der Waals surface area contributed by atoms with Gasteiger partial charge in [-0.2, -0.15) is 0 Å². The highest BCUT2D eigenvalue weighted by molar-refractivity contribution is 5.94. The average molecular weight is 330 g/mol. The molecule has 1 aliphatic rings. The van der Waals surface area contributed by atoms with E-state index in [1.165, 1.54) is 0 Å². The Morgan fingerprint density at radius 2 is 2.25 bits per heavy atom. The SMILES string of the molecule is Cc1cc(C)c(C(=O)N2CCCCC[C@H]2C[C@H](O)c2ccco2)[nH]1. The van der Waals surface area contributed by atoms with Crippen molar-refractivity contribution in [3.63, 3.8) is 0 Å². The molecule has 24 heavy (non-hydrogen) atoms. The molecule has 0 bridgehead atoms. The molecule has 0 unspecified atom stereocenters. The lowest BCUT2D eigenvalue weighted by Crippen LogP contribution is -2.41. The monoisotopic (exact) mass is 330 g/mol. The number of H-pyrrole nitrogens is 1. The number of aryl methyl sites for hydroxylation is 2. The Morgan fingerprint density at radius 3 is 2.92 bits per heavy atom. The van der Waals surface area contributed by atoms with Crippen LogP contribution in [0.4, 0.5) is 0 Å². The second kappa shape index (κ2) is 7.26. The molecule has 0 aliphatic carbocycles. The van der Waals surface area contributed by atoms with Crippen LogP contribution in [0.3, 0.4) is 0 Å². The molecule has 1 aliphatic heterocycles. The van der Waals surface area contributed by atoms with Crippen molar-refractivity contribution in [3.05, 3.63) is 47.2 Å². The Kier molecular flexibility index (Phi) is 5.09. The molecule has 3 heterocycles. The molecule has 0 aromatic carbocycles. The zero-order chi connectivity index (χ0) is 17.1. The minimum Gasteiger partial charge on any atom is -0.467 e. The highest BCUT2D eigenvalue weighted by Crippen LogP contribution is 2.28. The molecule has 3 rings (SSSR count). The molecule has 1 fully saturated rings. The normalized spacial score (nSPS) is 20.0. The Morgan fingerprint density at radius 1 is 1.42 bits per heavy atom. The summed E-state index contributed by atoms with van der Waals surface area (Å²) in [5.41, 5.74) is 2.65. The number of aliphatic hydroxyl groups excluding tert-OH is 1. The van der Waals surface area contributed by atoms with Crippen molar-refractivity contribution in [2.24, 2.45) is 0 Å². The summed E-state index contributed by atoms with van der Waals surface area (Å²) in [4.78, 5) is 18.2. The van der Waals surface area contributed by atoms with Crippen molar-refractivity contribution < 1.29 is 14.3 Å². The largest absolute Gasteiger partial charge is 0.467 e. The van der Waals surface area contributed by atoms with E-state index in [4.69, 9.17) is 4.42 Å².